The molecule has 0 unspecified atom stereocenters. The molecule has 7 nitrogen and oxygen atoms in total. The van der Waals surface area contributed by atoms with Crippen LogP contribution < -0.4 is 16.6 Å². The van der Waals surface area contributed by atoms with E-state index in [1.54, 1.807) is 17.8 Å². The van der Waals surface area contributed by atoms with Gasteiger partial charge in [-0.2, -0.15) is 0 Å². The Morgan fingerprint density at radius 1 is 1.00 bits per heavy atom. The van der Waals surface area contributed by atoms with Crippen LogP contribution in [0.25, 0.3) is 22.2 Å². The van der Waals surface area contributed by atoms with E-state index < -0.39 is 35.3 Å². The average molecular weight is 424 g/mol. The Labute approximate surface area is 174 Å². The number of anilines is 1. The summed E-state index contributed by atoms with van der Waals surface area (Å²) in [7, 11) is 2.99. The topological polar surface area (TPSA) is 78.0 Å². The number of hydrogen-bond acceptors (Lipinski definition) is 3. The summed E-state index contributed by atoms with van der Waals surface area (Å²) in [5.41, 5.74) is 0.342. The Hall–Kier alpha value is -4.01. The number of halogens is 2. The first-order valence-corrected chi connectivity index (χ1v) is 9.37. The van der Waals surface area contributed by atoms with Crippen LogP contribution in [0, 0.1) is 11.6 Å². The molecule has 4 aromatic rings. The molecule has 1 amide bonds. The van der Waals surface area contributed by atoms with Gasteiger partial charge in [-0.05, 0) is 17.7 Å². The third kappa shape index (κ3) is 3.54. The van der Waals surface area contributed by atoms with Crippen molar-refractivity contribution in [2.75, 3.05) is 5.32 Å². The van der Waals surface area contributed by atoms with Crippen molar-refractivity contribution in [1.82, 2.24) is 13.7 Å². The van der Waals surface area contributed by atoms with E-state index in [0.717, 1.165) is 32.9 Å². The number of benzene rings is 2. The van der Waals surface area contributed by atoms with E-state index in [2.05, 4.69) is 5.32 Å². The first-order valence-electron chi connectivity index (χ1n) is 9.37. The van der Waals surface area contributed by atoms with Crippen molar-refractivity contribution in [1.29, 1.82) is 0 Å². The van der Waals surface area contributed by atoms with Crippen LogP contribution in [0.3, 0.4) is 0 Å². The molecule has 0 spiro atoms. The number of aromatic nitrogens is 3. The van der Waals surface area contributed by atoms with Crippen molar-refractivity contribution in [2.45, 2.75) is 6.54 Å². The fraction of sp³-hybridized carbons (Fsp3) is 0.136. The van der Waals surface area contributed by atoms with E-state index >= 15 is 0 Å². The van der Waals surface area contributed by atoms with Crippen molar-refractivity contribution in [3.05, 3.63) is 87.2 Å². The Kier molecular flexibility index (Phi) is 5.02. The maximum atomic E-state index is 13.9. The number of rotatable bonds is 4. The van der Waals surface area contributed by atoms with Crippen LogP contribution in [0.1, 0.15) is 0 Å². The van der Waals surface area contributed by atoms with Crippen molar-refractivity contribution in [3.8, 4) is 11.1 Å². The van der Waals surface area contributed by atoms with Gasteiger partial charge in [-0.25, -0.2) is 13.6 Å². The summed E-state index contributed by atoms with van der Waals surface area (Å²) in [4.78, 5) is 38.3. The second-order valence-corrected chi connectivity index (χ2v) is 7.12. The van der Waals surface area contributed by atoms with Gasteiger partial charge in [0.2, 0.25) is 5.91 Å². The molecule has 0 saturated carbocycles. The van der Waals surface area contributed by atoms with Gasteiger partial charge in [-0.1, -0.05) is 30.3 Å². The molecule has 1 N–H and O–H groups in total. The van der Waals surface area contributed by atoms with Crippen LogP contribution in [0.5, 0.6) is 0 Å². The molecule has 158 valence electrons. The number of nitrogens with one attached hydrogen (secondary N) is 1. The number of nitrogens with zero attached hydrogens (tertiary/aromatic N) is 3. The molecular weight excluding hydrogens is 406 g/mol. The maximum Gasteiger partial charge on any atom is 0.331 e. The van der Waals surface area contributed by atoms with Crippen LogP contribution in [-0.4, -0.2) is 19.6 Å². The van der Waals surface area contributed by atoms with Gasteiger partial charge in [-0.15, -0.1) is 0 Å². The summed E-state index contributed by atoms with van der Waals surface area (Å²) in [6.07, 6.45) is 1.71. The third-order valence-electron chi connectivity index (χ3n) is 5.04. The monoisotopic (exact) mass is 424 g/mol. The van der Waals surface area contributed by atoms with Gasteiger partial charge in [0.25, 0.3) is 5.56 Å². The van der Waals surface area contributed by atoms with Gasteiger partial charge >= 0.3 is 5.69 Å². The lowest BCUT2D eigenvalue weighted by molar-refractivity contribution is -0.116. The van der Waals surface area contributed by atoms with Gasteiger partial charge in [-0.3, -0.25) is 18.7 Å². The second kappa shape index (κ2) is 7.67. The molecule has 9 heteroatoms. The van der Waals surface area contributed by atoms with Crippen molar-refractivity contribution in [3.63, 3.8) is 0 Å². The van der Waals surface area contributed by atoms with Crippen LogP contribution in [0.2, 0.25) is 0 Å². The number of aryl methyl sites for hydroxylation is 1. The predicted molar refractivity (Wildman–Crippen MR) is 113 cm³/mol. The van der Waals surface area contributed by atoms with E-state index in [1.807, 2.05) is 30.3 Å². The molecule has 2 heterocycles. The minimum atomic E-state index is -0.808. The van der Waals surface area contributed by atoms with E-state index in [-0.39, 0.29) is 16.7 Å². The molecule has 0 aliphatic carbocycles. The minimum absolute atomic E-state index is 0.241. The zero-order chi connectivity index (χ0) is 22.3. The lowest BCUT2D eigenvalue weighted by atomic mass is 10.1. The average Bonchev–Trinajstić information content (AvgIpc) is 3.10. The Balaban J connectivity index is 1.87. The summed E-state index contributed by atoms with van der Waals surface area (Å²) in [5.74, 6) is -2.26. The molecule has 0 bridgehead atoms. The maximum absolute atomic E-state index is 13.9. The molecule has 2 aromatic heterocycles. The smallest absolute Gasteiger partial charge is 0.331 e. The molecule has 31 heavy (non-hydrogen) atoms. The largest absolute Gasteiger partial charge is 0.344 e. The van der Waals surface area contributed by atoms with Crippen LogP contribution in [-0.2, 0) is 25.4 Å². The Morgan fingerprint density at radius 3 is 2.42 bits per heavy atom. The number of amides is 1. The summed E-state index contributed by atoms with van der Waals surface area (Å²) in [6.45, 7) is -0.497. The van der Waals surface area contributed by atoms with Crippen molar-refractivity contribution in [2.24, 2.45) is 14.1 Å². The summed E-state index contributed by atoms with van der Waals surface area (Å²) in [5, 5.41) is 2.28. The zero-order valence-corrected chi connectivity index (χ0v) is 16.7. The Morgan fingerprint density at radius 2 is 1.71 bits per heavy atom. The highest BCUT2D eigenvalue weighted by Crippen LogP contribution is 2.28. The zero-order valence-electron chi connectivity index (χ0n) is 16.7. The number of carbonyl (C=O) groups is 1. The highest BCUT2D eigenvalue weighted by atomic mass is 19.1. The highest BCUT2D eigenvalue weighted by Gasteiger charge is 2.21. The summed E-state index contributed by atoms with van der Waals surface area (Å²) >= 11 is 0. The molecule has 2 aromatic carbocycles. The molecule has 0 saturated heterocycles. The Bertz CT molecular complexity index is 1440. The predicted octanol–water partition coefficient (Wildman–Crippen LogP) is 2.62. The van der Waals surface area contributed by atoms with Crippen LogP contribution in [0.15, 0.2) is 64.3 Å². The molecule has 0 aliphatic heterocycles. The lowest BCUT2D eigenvalue weighted by Gasteiger charge is -2.13. The number of carbonyl (C=O) groups excluding carboxylic acids is 1. The van der Waals surface area contributed by atoms with Gasteiger partial charge in [0.15, 0.2) is 0 Å². The normalized spacial score (nSPS) is 11.1. The number of hydrogen-bond donors (Lipinski definition) is 1. The van der Waals surface area contributed by atoms with E-state index in [9.17, 15) is 23.2 Å². The molecule has 0 aliphatic rings. The minimum Gasteiger partial charge on any atom is -0.344 e. The fourth-order valence-corrected chi connectivity index (χ4v) is 3.56. The van der Waals surface area contributed by atoms with E-state index in [4.69, 9.17) is 0 Å². The van der Waals surface area contributed by atoms with E-state index in [0.29, 0.717) is 5.56 Å². The van der Waals surface area contributed by atoms with Crippen molar-refractivity contribution < 1.29 is 13.6 Å². The second-order valence-electron chi connectivity index (χ2n) is 7.12. The van der Waals surface area contributed by atoms with Gasteiger partial charge in [0.05, 0.1) is 11.2 Å². The highest BCUT2D eigenvalue weighted by molar-refractivity contribution is 5.95. The van der Waals surface area contributed by atoms with Gasteiger partial charge in [0.1, 0.15) is 23.7 Å². The molecular formula is C22H18F2N4O3. The van der Waals surface area contributed by atoms with Gasteiger partial charge < -0.3 is 9.88 Å². The van der Waals surface area contributed by atoms with E-state index in [1.165, 1.54) is 7.05 Å². The van der Waals surface area contributed by atoms with Crippen molar-refractivity contribution >= 4 is 22.6 Å². The molecule has 0 radical (unpaired) electrons. The first kappa shape index (κ1) is 20.3. The number of fused-ring (bicyclic) bond motifs is 1. The standard InChI is InChI=1S/C22H18F2N4O3/c1-26-11-15(13-6-4-3-5-7-13)19-20(26)21(30)27(2)22(31)28(19)12-18(29)25-17-10-14(23)8-9-16(17)24/h3-11H,12H2,1-2H3,(H,25,29). The SMILES string of the molecule is Cn1c(=O)c2c(c(-c3ccccc3)cn2C)n(CC(=O)Nc2cc(F)ccc2F)c1=O. The molecule has 0 fully saturated rings. The van der Waals surface area contributed by atoms with Crippen LogP contribution in [0.4, 0.5) is 14.5 Å². The van der Waals surface area contributed by atoms with Gasteiger partial charge in [0, 0.05) is 31.9 Å². The quantitative estimate of drug-likeness (QED) is 0.547. The summed E-state index contributed by atoms with van der Waals surface area (Å²) < 4.78 is 31.0. The van der Waals surface area contributed by atoms with Crippen LogP contribution >= 0.6 is 0 Å². The first-order chi connectivity index (χ1) is 14.8. The molecule has 0 atom stereocenters. The fourth-order valence-electron chi connectivity index (χ4n) is 3.56. The lowest BCUT2D eigenvalue weighted by Crippen LogP contribution is -2.40. The molecule has 4 rings (SSSR count). The third-order valence-corrected chi connectivity index (χ3v) is 5.04. The summed E-state index contributed by atoms with van der Waals surface area (Å²) in [6, 6.07) is 11.8.